The average molecular weight is 466 g/mol. The number of para-hydroxylation sites is 3. The Morgan fingerprint density at radius 2 is 1.43 bits per heavy atom. The van der Waals surface area contributed by atoms with Crippen molar-refractivity contribution in [3.8, 4) is 28.6 Å². The highest BCUT2D eigenvalue weighted by Gasteiger charge is 2.22. The SMILES string of the molecule is COc1cc(-c2nc3c(c(=O)c4ccccc4n3C)c3nc4ccccc4n23)cc(OC)c1OC. The number of aromatic nitrogens is 4. The summed E-state index contributed by atoms with van der Waals surface area (Å²) in [5, 5.41) is 1.09. The first-order valence-corrected chi connectivity index (χ1v) is 11.1. The Morgan fingerprint density at radius 3 is 2.11 bits per heavy atom. The molecule has 0 radical (unpaired) electrons. The summed E-state index contributed by atoms with van der Waals surface area (Å²) in [6, 6.07) is 19.0. The van der Waals surface area contributed by atoms with E-state index in [0.717, 1.165) is 22.1 Å². The van der Waals surface area contributed by atoms with E-state index in [2.05, 4.69) is 0 Å². The fraction of sp³-hybridized carbons (Fsp3) is 0.148. The molecule has 8 nitrogen and oxygen atoms in total. The normalized spacial score (nSPS) is 11.5. The molecule has 6 rings (SSSR count). The van der Waals surface area contributed by atoms with Crippen LogP contribution in [0.3, 0.4) is 0 Å². The molecule has 3 heterocycles. The minimum atomic E-state index is -0.0991. The molecule has 0 aliphatic heterocycles. The molecule has 0 saturated heterocycles. The van der Waals surface area contributed by atoms with Crippen LogP contribution in [0.4, 0.5) is 0 Å². The standard InChI is InChI=1S/C27H22N4O4/c1-30-18-11-7-5-9-16(18)23(32)22-26(30)29-25(31-19-12-8-6-10-17(19)28-27(22)31)15-13-20(33-2)24(35-4)21(14-15)34-3/h5-14H,1-4H3. The molecule has 0 spiro atoms. The molecule has 174 valence electrons. The van der Waals surface area contributed by atoms with Crippen molar-refractivity contribution in [2.45, 2.75) is 0 Å². The van der Waals surface area contributed by atoms with Crippen LogP contribution in [0.2, 0.25) is 0 Å². The van der Waals surface area contributed by atoms with Crippen LogP contribution in [0.5, 0.6) is 17.2 Å². The summed E-state index contributed by atoms with van der Waals surface area (Å²) >= 11 is 0. The second kappa shape index (κ2) is 7.73. The minimum Gasteiger partial charge on any atom is -0.493 e. The van der Waals surface area contributed by atoms with Crippen LogP contribution in [-0.4, -0.2) is 40.3 Å². The zero-order valence-electron chi connectivity index (χ0n) is 19.7. The highest BCUT2D eigenvalue weighted by Crippen LogP contribution is 2.41. The number of aryl methyl sites for hydroxylation is 1. The van der Waals surface area contributed by atoms with Gasteiger partial charge in [-0.2, -0.15) is 0 Å². The van der Waals surface area contributed by atoms with Gasteiger partial charge < -0.3 is 18.8 Å². The van der Waals surface area contributed by atoms with E-state index in [4.69, 9.17) is 24.2 Å². The highest BCUT2D eigenvalue weighted by atomic mass is 16.5. The van der Waals surface area contributed by atoms with Crippen molar-refractivity contribution in [2.75, 3.05) is 21.3 Å². The Labute approximate surface area is 199 Å². The quantitative estimate of drug-likeness (QED) is 0.354. The first kappa shape index (κ1) is 21.0. The minimum absolute atomic E-state index is 0.0991. The lowest BCUT2D eigenvalue weighted by molar-refractivity contribution is 0.324. The van der Waals surface area contributed by atoms with Crippen LogP contribution in [-0.2, 0) is 7.05 Å². The van der Waals surface area contributed by atoms with E-state index in [0.29, 0.717) is 45.1 Å². The third-order valence-corrected chi connectivity index (χ3v) is 6.41. The Kier molecular flexibility index (Phi) is 4.63. The van der Waals surface area contributed by atoms with Crippen molar-refractivity contribution in [2.24, 2.45) is 7.05 Å². The predicted molar refractivity (Wildman–Crippen MR) is 136 cm³/mol. The van der Waals surface area contributed by atoms with Gasteiger partial charge in [-0.25, -0.2) is 9.97 Å². The van der Waals surface area contributed by atoms with Gasteiger partial charge in [0.25, 0.3) is 0 Å². The number of hydrogen-bond acceptors (Lipinski definition) is 6. The van der Waals surface area contributed by atoms with E-state index in [1.807, 2.05) is 76.7 Å². The number of methoxy groups -OCH3 is 3. The summed E-state index contributed by atoms with van der Waals surface area (Å²) in [5.74, 6) is 2.11. The summed E-state index contributed by atoms with van der Waals surface area (Å²) in [4.78, 5) is 23.6. The Bertz CT molecular complexity index is 1830. The van der Waals surface area contributed by atoms with Crippen molar-refractivity contribution in [3.05, 3.63) is 70.9 Å². The van der Waals surface area contributed by atoms with Crippen LogP contribution in [0.1, 0.15) is 0 Å². The van der Waals surface area contributed by atoms with Crippen molar-refractivity contribution < 1.29 is 14.2 Å². The molecule has 6 aromatic rings. The number of ether oxygens (including phenoxy) is 3. The maximum Gasteiger partial charge on any atom is 0.203 e. The third-order valence-electron chi connectivity index (χ3n) is 6.41. The van der Waals surface area contributed by atoms with Crippen molar-refractivity contribution in [1.29, 1.82) is 0 Å². The topological polar surface area (TPSA) is 79.9 Å². The largest absolute Gasteiger partial charge is 0.493 e. The van der Waals surface area contributed by atoms with Crippen LogP contribution in [0.15, 0.2) is 65.5 Å². The molecule has 0 saturated carbocycles. The number of pyridine rings is 1. The third kappa shape index (κ3) is 2.89. The molecule has 3 aromatic heterocycles. The molecule has 0 atom stereocenters. The molecule has 0 fully saturated rings. The van der Waals surface area contributed by atoms with Gasteiger partial charge in [-0.1, -0.05) is 24.3 Å². The van der Waals surface area contributed by atoms with Crippen molar-refractivity contribution in [3.63, 3.8) is 0 Å². The van der Waals surface area contributed by atoms with Gasteiger partial charge in [0.2, 0.25) is 11.2 Å². The van der Waals surface area contributed by atoms with Gasteiger partial charge in [-0.05, 0) is 36.4 Å². The number of hydrogen-bond donors (Lipinski definition) is 0. The molecule has 0 aliphatic carbocycles. The van der Waals surface area contributed by atoms with Gasteiger partial charge in [0.15, 0.2) is 17.1 Å². The fourth-order valence-corrected chi connectivity index (χ4v) is 4.77. The molecular formula is C27H22N4O4. The Morgan fingerprint density at radius 1 is 0.771 bits per heavy atom. The van der Waals surface area contributed by atoms with E-state index < -0.39 is 0 Å². The lowest BCUT2D eigenvalue weighted by atomic mass is 10.1. The van der Waals surface area contributed by atoms with E-state index in [1.54, 1.807) is 21.3 Å². The Hall–Kier alpha value is -4.59. The molecular weight excluding hydrogens is 444 g/mol. The molecule has 3 aromatic carbocycles. The second-order valence-corrected chi connectivity index (χ2v) is 8.21. The highest BCUT2D eigenvalue weighted by molar-refractivity contribution is 6.02. The Balaban J connectivity index is 1.86. The summed E-state index contributed by atoms with van der Waals surface area (Å²) in [5.41, 5.74) is 4.13. The first-order valence-electron chi connectivity index (χ1n) is 11.1. The van der Waals surface area contributed by atoms with Crippen LogP contribution in [0, 0.1) is 0 Å². The molecule has 0 amide bonds. The zero-order chi connectivity index (χ0) is 24.3. The number of nitrogens with zero attached hydrogens (tertiary/aromatic N) is 4. The maximum atomic E-state index is 13.7. The second-order valence-electron chi connectivity index (χ2n) is 8.21. The van der Waals surface area contributed by atoms with Gasteiger partial charge in [0, 0.05) is 18.0 Å². The molecule has 8 heteroatoms. The monoisotopic (exact) mass is 466 g/mol. The lowest BCUT2D eigenvalue weighted by Crippen LogP contribution is -2.13. The lowest BCUT2D eigenvalue weighted by Gasteiger charge is -2.16. The average Bonchev–Trinajstić information content (AvgIpc) is 3.29. The summed E-state index contributed by atoms with van der Waals surface area (Å²) < 4.78 is 20.6. The van der Waals surface area contributed by atoms with Crippen LogP contribution < -0.4 is 19.6 Å². The number of benzene rings is 3. The smallest absolute Gasteiger partial charge is 0.203 e. The van der Waals surface area contributed by atoms with E-state index in [9.17, 15) is 4.79 Å². The van der Waals surface area contributed by atoms with E-state index in [1.165, 1.54) is 0 Å². The molecule has 35 heavy (non-hydrogen) atoms. The molecule has 0 bridgehead atoms. The van der Waals surface area contributed by atoms with Gasteiger partial charge >= 0.3 is 0 Å². The van der Waals surface area contributed by atoms with Crippen LogP contribution in [0.25, 0.3) is 50.0 Å². The molecule has 0 unspecified atom stereocenters. The van der Waals surface area contributed by atoms with Gasteiger partial charge in [-0.3, -0.25) is 9.20 Å². The van der Waals surface area contributed by atoms with E-state index >= 15 is 0 Å². The van der Waals surface area contributed by atoms with Crippen molar-refractivity contribution in [1.82, 2.24) is 18.9 Å². The number of rotatable bonds is 4. The molecule has 0 N–H and O–H groups in total. The van der Waals surface area contributed by atoms with Gasteiger partial charge in [0.05, 0.1) is 37.9 Å². The van der Waals surface area contributed by atoms with E-state index in [-0.39, 0.29) is 5.43 Å². The maximum absolute atomic E-state index is 13.7. The summed E-state index contributed by atoms with van der Waals surface area (Å²) in [6.07, 6.45) is 0. The van der Waals surface area contributed by atoms with Crippen molar-refractivity contribution >= 4 is 38.6 Å². The first-order chi connectivity index (χ1) is 17.1. The number of fused-ring (bicyclic) bond motifs is 6. The zero-order valence-corrected chi connectivity index (χ0v) is 19.7. The van der Waals surface area contributed by atoms with Gasteiger partial charge in [-0.15, -0.1) is 0 Å². The van der Waals surface area contributed by atoms with Crippen LogP contribution >= 0.6 is 0 Å². The number of imidazole rings is 1. The summed E-state index contributed by atoms with van der Waals surface area (Å²) in [6.45, 7) is 0. The predicted octanol–water partition coefficient (Wildman–Crippen LogP) is 4.58. The molecule has 0 aliphatic rings. The summed E-state index contributed by atoms with van der Waals surface area (Å²) in [7, 11) is 6.63. The fourth-order valence-electron chi connectivity index (χ4n) is 4.77. The van der Waals surface area contributed by atoms with Gasteiger partial charge in [0.1, 0.15) is 16.9 Å².